The molecule has 0 aromatic heterocycles. The van der Waals surface area contributed by atoms with Crippen molar-refractivity contribution in [3.8, 4) is 0 Å². The molecule has 1 aromatic carbocycles. The van der Waals surface area contributed by atoms with E-state index in [9.17, 15) is 9.18 Å². The molecule has 19 heavy (non-hydrogen) atoms. The van der Waals surface area contributed by atoms with Crippen molar-refractivity contribution in [3.05, 3.63) is 29.1 Å². The fourth-order valence-corrected chi connectivity index (χ4v) is 1.85. The SMILES string of the molecule is CCc1cc(F)c(N(C)C(=O)N=C(N)N)c(CC)c1. The molecule has 0 radical (unpaired) electrons. The highest BCUT2D eigenvalue weighted by molar-refractivity contribution is 6.00. The highest BCUT2D eigenvalue weighted by Gasteiger charge is 2.18. The van der Waals surface area contributed by atoms with Crippen LogP contribution in [-0.2, 0) is 12.8 Å². The molecule has 1 aromatic rings. The average molecular weight is 266 g/mol. The first-order chi connectivity index (χ1) is 8.90. The highest BCUT2D eigenvalue weighted by Crippen LogP contribution is 2.26. The number of nitrogens with two attached hydrogens (primary N) is 2. The van der Waals surface area contributed by atoms with Crippen molar-refractivity contribution in [2.45, 2.75) is 26.7 Å². The van der Waals surface area contributed by atoms with Crippen LogP contribution < -0.4 is 16.4 Å². The molecule has 4 N–H and O–H groups in total. The molecule has 104 valence electrons. The number of carbonyl (C=O) groups excluding carboxylic acids is 1. The lowest BCUT2D eigenvalue weighted by Gasteiger charge is -2.20. The molecule has 0 spiro atoms. The van der Waals surface area contributed by atoms with Gasteiger partial charge in [0.2, 0.25) is 0 Å². The lowest BCUT2D eigenvalue weighted by molar-refractivity contribution is 0.255. The number of aliphatic imine (C=N–C) groups is 1. The molecule has 5 nitrogen and oxygen atoms in total. The number of carbonyl (C=O) groups is 1. The number of guanidine groups is 1. The predicted octanol–water partition coefficient (Wildman–Crippen LogP) is 1.78. The van der Waals surface area contributed by atoms with Crippen LogP contribution in [0.2, 0.25) is 0 Å². The average Bonchev–Trinajstić information content (AvgIpc) is 2.35. The van der Waals surface area contributed by atoms with Crippen molar-refractivity contribution in [1.29, 1.82) is 0 Å². The van der Waals surface area contributed by atoms with Crippen LogP contribution in [0.3, 0.4) is 0 Å². The number of urea groups is 1. The van der Waals surface area contributed by atoms with Crippen molar-refractivity contribution in [1.82, 2.24) is 0 Å². The van der Waals surface area contributed by atoms with Gasteiger partial charge >= 0.3 is 6.03 Å². The van der Waals surface area contributed by atoms with E-state index in [0.29, 0.717) is 6.42 Å². The molecular formula is C13H19FN4O. The molecule has 0 aliphatic heterocycles. The summed E-state index contributed by atoms with van der Waals surface area (Å²) in [5.74, 6) is -0.793. The number of nitrogens with zero attached hydrogens (tertiary/aromatic N) is 2. The van der Waals surface area contributed by atoms with Gasteiger partial charge in [0.1, 0.15) is 5.82 Å². The minimum Gasteiger partial charge on any atom is -0.370 e. The zero-order valence-electron chi connectivity index (χ0n) is 11.4. The number of benzene rings is 1. The van der Waals surface area contributed by atoms with Gasteiger partial charge in [0.05, 0.1) is 5.69 Å². The standard InChI is InChI=1S/C13H19FN4O/c1-4-8-6-9(5-2)11(10(14)7-8)18(3)13(19)17-12(15)16/h6-7H,4-5H2,1-3H3,(H4,15,16,17,19). The third kappa shape index (κ3) is 3.43. The summed E-state index contributed by atoms with van der Waals surface area (Å²) in [4.78, 5) is 16.3. The van der Waals surface area contributed by atoms with Gasteiger partial charge in [-0.3, -0.25) is 4.90 Å². The van der Waals surface area contributed by atoms with E-state index in [1.807, 2.05) is 19.9 Å². The molecule has 0 bridgehead atoms. The van der Waals surface area contributed by atoms with Crippen molar-refractivity contribution in [2.75, 3.05) is 11.9 Å². The summed E-state index contributed by atoms with van der Waals surface area (Å²) in [7, 11) is 1.44. The number of halogens is 1. The van der Waals surface area contributed by atoms with Gasteiger partial charge in [-0.2, -0.15) is 4.99 Å². The quantitative estimate of drug-likeness (QED) is 0.646. The zero-order chi connectivity index (χ0) is 14.6. The van der Waals surface area contributed by atoms with Crippen LogP contribution in [0.1, 0.15) is 25.0 Å². The Kier molecular flexibility index (Phi) is 4.86. The van der Waals surface area contributed by atoms with Crippen LogP contribution in [0.5, 0.6) is 0 Å². The van der Waals surface area contributed by atoms with E-state index >= 15 is 0 Å². The van der Waals surface area contributed by atoms with Gasteiger partial charge in [-0.1, -0.05) is 19.9 Å². The van der Waals surface area contributed by atoms with Crippen LogP contribution in [0.15, 0.2) is 17.1 Å². The molecule has 0 atom stereocenters. The van der Waals surface area contributed by atoms with Crippen molar-refractivity contribution >= 4 is 17.7 Å². The highest BCUT2D eigenvalue weighted by atomic mass is 19.1. The van der Waals surface area contributed by atoms with Gasteiger partial charge in [0.15, 0.2) is 5.96 Å². The van der Waals surface area contributed by atoms with E-state index in [0.717, 1.165) is 22.4 Å². The summed E-state index contributed by atoms with van der Waals surface area (Å²) >= 11 is 0. The normalized spacial score (nSPS) is 10.1. The number of aryl methyl sites for hydroxylation is 2. The van der Waals surface area contributed by atoms with Crippen molar-refractivity contribution < 1.29 is 9.18 Å². The zero-order valence-corrected chi connectivity index (χ0v) is 11.4. The third-order valence-electron chi connectivity index (χ3n) is 2.84. The summed E-state index contributed by atoms with van der Waals surface area (Å²) < 4.78 is 14.1. The summed E-state index contributed by atoms with van der Waals surface area (Å²) in [6.45, 7) is 3.85. The topological polar surface area (TPSA) is 84.7 Å². The first-order valence-corrected chi connectivity index (χ1v) is 6.09. The number of anilines is 1. The molecule has 0 fully saturated rings. The Morgan fingerprint density at radius 2 is 1.95 bits per heavy atom. The Morgan fingerprint density at radius 3 is 2.42 bits per heavy atom. The van der Waals surface area contributed by atoms with E-state index in [2.05, 4.69) is 4.99 Å². The molecule has 6 heteroatoms. The first-order valence-electron chi connectivity index (χ1n) is 6.09. The minimum absolute atomic E-state index is 0.217. The maximum absolute atomic E-state index is 14.1. The monoisotopic (exact) mass is 266 g/mol. The van der Waals surface area contributed by atoms with E-state index in [-0.39, 0.29) is 11.6 Å². The third-order valence-corrected chi connectivity index (χ3v) is 2.84. The van der Waals surface area contributed by atoms with Crippen molar-refractivity contribution in [2.24, 2.45) is 16.5 Å². The molecule has 0 saturated heterocycles. The van der Waals surface area contributed by atoms with Gasteiger partial charge in [0, 0.05) is 7.05 Å². The van der Waals surface area contributed by atoms with Gasteiger partial charge in [-0.05, 0) is 30.0 Å². The van der Waals surface area contributed by atoms with Crippen LogP contribution >= 0.6 is 0 Å². The Hall–Kier alpha value is -2.11. The van der Waals surface area contributed by atoms with E-state index < -0.39 is 11.8 Å². The largest absolute Gasteiger partial charge is 0.370 e. The molecular weight excluding hydrogens is 247 g/mol. The number of hydrogen-bond acceptors (Lipinski definition) is 1. The smallest absolute Gasteiger partial charge is 0.351 e. The summed E-state index contributed by atoms with van der Waals surface area (Å²) in [6, 6.07) is 2.61. The number of hydrogen-bond donors (Lipinski definition) is 2. The Bertz CT molecular complexity index is 510. The minimum atomic E-state index is -0.696. The predicted molar refractivity (Wildman–Crippen MR) is 74.8 cm³/mol. The molecule has 0 unspecified atom stereocenters. The van der Waals surface area contributed by atoms with Gasteiger partial charge in [0.25, 0.3) is 0 Å². The first kappa shape index (κ1) is 14.9. The van der Waals surface area contributed by atoms with Gasteiger partial charge < -0.3 is 11.5 Å². The van der Waals surface area contributed by atoms with Crippen LogP contribution in [0.4, 0.5) is 14.9 Å². The molecule has 1 rings (SSSR count). The Labute approximate surface area is 112 Å². The van der Waals surface area contributed by atoms with E-state index in [1.54, 1.807) is 0 Å². The lowest BCUT2D eigenvalue weighted by atomic mass is 10.0. The van der Waals surface area contributed by atoms with Crippen LogP contribution in [-0.4, -0.2) is 19.0 Å². The van der Waals surface area contributed by atoms with Crippen LogP contribution in [0.25, 0.3) is 0 Å². The van der Waals surface area contributed by atoms with E-state index in [4.69, 9.17) is 11.5 Å². The summed E-state index contributed by atoms with van der Waals surface area (Å²) in [6.07, 6.45) is 1.34. The maximum atomic E-state index is 14.1. The molecule has 0 aliphatic carbocycles. The fraction of sp³-hybridized carbons (Fsp3) is 0.385. The lowest BCUT2D eigenvalue weighted by Crippen LogP contribution is -2.31. The van der Waals surface area contributed by atoms with Gasteiger partial charge in [-0.15, -0.1) is 0 Å². The van der Waals surface area contributed by atoms with Crippen LogP contribution in [0, 0.1) is 5.82 Å². The summed E-state index contributed by atoms with van der Waals surface area (Å²) in [5, 5.41) is 0. The second-order valence-corrected chi connectivity index (χ2v) is 4.17. The van der Waals surface area contributed by atoms with Gasteiger partial charge in [-0.25, -0.2) is 9.18 Å². The van der Waals surface area contributed by atoms with E-state index in [1.165, 1.54) is 13.1 Å². The number of rotatable bonds is 3. The Balaban J connectivity index is 3.26. The second kappa shape index (κ2) is 6.17. The second-order valence-electron chi connectivity index (χ2n) is 4.17. The Morgan fingerprint density at radius 1 is 1.32 bits per heavy atom. The molecule has 0 heterocycles. The molecule has 0 aliphatic rings. The molecule has 2 amide bonds. The maximum Gasteiger partial charge on any atom is 0.351 e. The summed E-state index contributed by atoms with van der Waals surface area (Å²) in [5.41, 5.74) is 12.2. The fourth-order valence-electron chi connectivity index (χ4n) is 1.85. The van der Waals surface area contributed by atoms with Crippen molar-refractivity contribution in [3.63, 3.8) is 0 Å². The molecule has 0 saturated carbocycles. The number of amides is 2.